The van der Waals surface area contributed by atoms with Crippen LogP contribution < -0.4 is 4.90 Å². The molecule has 33 rings (SSSR count). The van der Waals surface area contributed by atoms with Crippen molar-refractivity contribution < 1.29 is 14.5 Å². The molecule has 0 unspecified atom stereocenters. The molecule has 16 aliphatic carbocycles. The maximum absolute atomic E-state index is 13.4. The summed E-state index contributed by atoms with van der Waals surface area (Å²) < 4.78 is 9.55. The molecule has 16 bridgehead atoms. The average molecular weight is 1940 g/mol. The van der Waals surface area contributed by atoms with Gasteiger partial charge in [-0.3, -0.25) is 14.9 Å². The molecule has 1 aromatic heterocycles. The number of para-hydroxylation sites is 4. The van der Waals surface area contributed by atoms with Gasteiger partial charge in [0, 0.05) is 101 Å². The van der Waals surface area contributed by atoms with Crippen molar-refractivity contribution in [1.29, 1.82) is 0 Å². The molecule has 0 amide bonds. The Morgan fingerprint density at radius 1 is 0.236 bits per heavy atom. The number of carbonyl (C=O) groups excluding carboxylic acids is 1. The van der Waals surface area contributed by atoms with E-state index < -0.39 is 16.6 Å². The molecule has 0 N–H and O–H groups in total. The zero-order chi connectivity index (χ0) is 100. The fourth-order valence-electron chi connectivity index (χ4n) is 36.9. The number of esters is 1. The third kappa shape index (κ3) is 15.3. The number of ether oxygens (including phenoxy) is 1. The number of nitro groups is 1. The van der Waals surface area contributed by atoms with Crippen molar-refractivity contribution in [1.82, 2.24) is 4.57 Å². The largest absolute Gasteiger partial charge is 0.459 e. The number of anilines is 2. The standard InChI is InChI=1S/C40H35N.C40H37N.C33H36O2.C28H27NO2/c1-4-14-30(15-5-1)37-24-38(31-16-6-2-7-17-31)26-39(25-37,32-18-8-3-9-19-32)29-40(27-37,28-38)41-35-22-12-10-20-33(35)34-21-11-13-23-36(34)41;1-6-16-32(17-7-1)37-26-38(33-18-8-2-9-19-33)28-39(27-37,34-20-10-3-11-21-34)31-40(29-37,30-38)41(35-22-12-4-13-23-35)36-24-14-5-15-25-36;1-29(2,3)28(34)35-33-22-30(25-13-7-4-8-14-25)19-31(23-33,26-15-9-5-10-16-26)21-32(20-30,24-33)27-17-11-6-12-18-27;30-29(31)28-19-25(22-10-4-1-5-11-22)16-26(20-28,23-12-6-2-7-13-23)18-27(17-25,21-28)24-14-8-3-9-15-24/h1-23H,24-29H2;1-25H,26-31H2;4-18H,19-24H2,1-3H3;1-15H,16-21H2. The molecular formula is C141H135N3O4. The summed E-state index contributed by atoms with van der Waals surface area (Å²) in [6.07, 6.45) is 25.4. The molecule has 7 nitrogen and oxygen atoms in total. The first-order valence-corrected chi connectivity index (χ1v) is 54.9. The van der Waals surface area contributed by atoms with E-state index in [4.69, 9.17) is 4.74 Å². The molecule has 16 aliphatic rings. The van der Waals surface area contributed by atoms with Gasteiger partial charge in [0.1, 0.15) is 5.60 Å². The SMILES string of the molecule is CC(C)(C)C(=O)OC12CC3(c4ccccc4)CC(c4ccccc4)(C1)CC(c1ccccc1)(C2)C3.O=[N+]([O-])C12CC3(c4ccccc4)CC(c4ccccc4)(CC(c4ccccc4)(C3)C1)C2.c1ccc(C23CC4(c5ccccc5)CC(c5ccccc5)(C2)CC(n2c5ccccc5c5ccccc52)(C3)C4)cc1.c1ccc(N(c2ccccc2)C23CC4(c5ccccc5)CC(c5ccccc5)(CC(c5ccccc5)(C4)C2)C3)cc1. The van der Waals surface area contributed by atoms with Crippen LogP contribution in [0.4, 0.5) is 11.4 Å². The first kappa shape index (κ1) is 93.7. The smallest absolute Gasteiger partial charge is 0.311 e. The number of aromatic nitrogens is 1. The zero-order valence-corrected chi connectivity index (χ0v) is 86.0. The number of rotatable bonds is 18. The normalized spacial score (nSPS) is 32.0. The van der Waals surface area contributed by atoms with Gasteiger partial charge in [-0.25, -0.2) is 0 Å². The molecule has 0 spiro atoms. The Morgan fingerprint density at radius 2 is 0.412 bits per heavy atom. The number of benzene rings is 16. The van der Waals surface area contributed by atoms with Crippen molar-refractivity contribution >= 4 is 39.1 Å². The Morgan fingerprint density at radius 3 is 0.615 bits per heavy atom. The summed E-state index contributed by atoms with van der Waals surface area (Å²) in [5.74, 6) is -0.0749. The fraction of sp³-hybridized carbons (Fsp3) is 0.312. The molecule has 0 radical (unpaired) electrons. The van der Waals surface area contributed by atoms with E-state index in [0.717, 1.165) is 77.0 Å². The van der Waals surface area contributed by atoms with Crippen LogP contribution in [-0.2, 0) is 80.1 Å². The molecule has 17 aromatic rings. The van der Waals surface area contributed by atoms with Crippen LogP contribution in [-0.4, -0.2) is 32.1 Å². The maximum Gasteiger partial charge on any atom is 0.311 e. The molecule has 16 fully saturated rings. The predicted octanol–water partition coefficient (Wildman–Crippen LogP) is 33.2. The highest BCUT2D eigenvalue weighted by atomic mass is 16.6. The van der Waals surface area contributed by atoms with Gasteiger partial charge in [-0.2, -0.15) is 0 Å². The first-order valence-electron chi connectivity index (χ1n) is 54.9. The summed E-state index contributed by atoms with van der Waals surface area (Å²) in [5, 5.41) is 15.5. The molecule has 1 heterocycles. The van der Waals surface area contributed by atoms with Crippen molar-refractivity contribution in [3.8, 4) is 0 Å². The first-order chi connectivity index (χ1) is 72.0. The number of hydrogen-bond donors (Lipinski definition) is 0. The molecule has 16 aromatic carbocycles. The van der Waals surface area contributed by atoms with Crippen LogP contribution >= 0.6 is 0 Å². The van der Waals surface area contributed by atoms with E-state index in [2.05, 4.69) is 464 Å². The monoisotopic (exact) mass is 1930 g/mol. The molecule has 0 saturated heterocycles. The van der Waals surface area contributed by atoms with Gasteiger partial charge in [0.15, 0.2) is 0 Å². The Kier molecular flexibility index (Phi) is 22.2. The topological polar surface area (TPSA) is 77.6 Å². The van der Waals surface area contributed by atoms with Gasteiger partial charge in [-0.15, -0.1) is 0 Å². The van der Waals surface area contributed by atoms with Crippen LogP contribution in [0.1, 0.15) is 242 Å². The van der Waals surface area contributed by atoms with E-state index in [1.165, 1.54) is 158 Å². The fourth-order valence-corrected chi connectivity index (χ4v) is 36.9. The second-order valence-electron chi connectivity index (χ2n) is 50.1. The van der Waals surface area contributed by atoms with Crippen molar-refractivity contribution in [3.63, 3.8) is 0 Å². The molecular weight excluding hydrogens is 1800 g/mol. The van der Waals surface area contributed by atoms with Gasteiger partial charge in [0.05, 0.1) is 5.41 Å². The van der Waals surface area contributed by atoms with Crippen LogP contribution in [0.25, 0.3) is 21.8 Å². The van der Waals surface area contributed by atoms with Gasteiger partial charge in [0.2, 0.25) is 5.54 Å². The summed E-state index contributed by atoms with van der Waals surface area (Å²) >= 11 is 0. The highest BCUT2D eigenvalue weighted by molar-refractivity contribution is 6.08. The Hall–Kier alpha value is -14.0. The van der Waals surface area contributed by atoms with Crippen LogP contribution in [0.5, 0.6) is 0 Å². The van der Waals surface area contributed by atoms with Gasteiger partial charge in [-0.1, -0.05) is 437 Å². The summed E-state index contributed by atoms with van der Waals surface area (Å²) in [5.41, 5.74) is 20.6. The maximum atomic E-state index is 13.4. The Balaban J connectivity index is 0.000000100. The minimum absolute atomic E-state index is 0.00101. The zero-order valence-electron chi connectivity index (χ0n) is 86.0. The molecule has 7 heteroatoms. The average Bonchev–Trinajstić information content (AvgIpc) is 1.14. The minimum atomic E-state index is -0.879. The molecule has 0 atom stereocenters. The second kappa shape index (κ2) is 35.1. The highest BCUT2D eigenvalue weighted by Gasteiger charge is 2.77. The van der Waals surface area contributed by atoms with Gasteiger partial charge in [0.25, 0.3) is 0 Å². The molecule has 16 saturated carbocycles. The number of nitrogens with zero attached hydrogens (tertiary/aromatic N) is 3. The third-order valence-electron chi connectivity index (χ3n) is 39.6. The second-order valence-corrected chi connectivity index (χ2v) is 50.1. The van der Waals surface area contributed by atoms with Crippen LogP contribution in [0.2, 0.25) is 0 Å². The van der Waals surface area contributed by atoms with E-state index in [1.807, 2.05) is 39.0 Å². The van der Waals surface area contributed by atoms with Crippen LogP contribution in [0.3, 0.4) is 0 Å². The molecule has 148 heavy (non-hydrogen) atoms. The third-order valence-corrected chi connectivity index (χ3v) is 39.6. The van der Waals surface area contributed by atoms with Crippen molar-refractivity contribution in [2.45, 2.75) is 262 Å². The van der Waals surface area contributed by atoms with Crippen molar-refractivity contribution in [2.75, 3.05) is 4.90 Å². The van der Waals surface area contributed by atoms with Gasteiger partial charge >= 0.3 is 5.97 Å². The van der Waals surface area contributed by atoms with E-state index in [0.29, 0.717) is 19.3 Å². The number of hydrogen-bond acceptors (Lipinski definition) is 5. The Labute approximate surface area is 874 Å². The number of carbonyl (C=O) groups is 1. The molecule has 738 valence electrons. The highest BCUT2D eigenvalue weighted by Crippen LogP contribution is 2.79. The summed E-state index contributed by atoms with van der Waals surface area (Å²) in [6, 6.07) is 175. The molecule has 0 aliphatic heterocycles. The van der Waals surface area contributed by atoms with Crippen LogP contribution in [0.15, 0.2) is 473 Å². The minimum Gasteiger partial charge on any atom is -0.459 e. The van der Waals surface area contributed by atoms with Crippen molar-refractivity contribution in [2.24, 2.45) is 5.41 Å². The lowest BCUT2D eigenvalue weighted by Gasteiger charge is -2.73. The summed E-state index contributed by atoms with van der Waals surface area (Å²) in [7, 11) is 0. The van der Waals surface area contributed by atoms with Crippen LogP contribution in [0, 0.1) is 15.5 Å². The number of fused-ring (bicyclic) bond motifs is 3. The lowest BCUT2D eigenvalue weighted by molar-refractivity contribution is -0.591. The summed E-state index contributed by atoms with van der Waals surface area (Å²) in [4.78, 5) is 29.1. The quantitative estimate of drug-likeness (QED) is 0.0486. The lowest BCUT2D eigenvalue weighted by atomic mass is 9.34. The van der Waals surface area contributed by atoms with E-state index >= 15 is 0 Å². The van der Waals surface area contributed by atoms with Crippen molar-refractivity contribution in [3.05, 3.63) is 550 Å². The van der Waals surface area contributed by atoms with Gasteiger partial charge in [-0.05, 0) is 291 Å². The lowest BCUT2D eigenvalue weighted by Crippen LogP contribution is -2.72. The van der Waals surface area contributed by atoms with E-state index in [1.54, 1.807) is 0 Å². The predicted molar refractivity (Wildman–Crippen MR) is 601 cm³/mol. The van der Waals surface area contributed by atoms with Gasteiger partial charge < -0.3 is 14.2 Å². The van der Waals surface area contributed by atoms with E-state index in [-0.39, 0.29) is 87.0 Å². The summed E-state index contributed by atoms with van der Waals surface area (Å²) in [6.45, 7) is 5.92. The van der Waals surface area contributed by atoms with E-state index in [9.17, 15) is 14.9 Å². The Bertz CT molecular complexity index is 7040.